The topological polar surface area (TPSA) is 29.5 Å². The van der Waals surface area contributed by atoms with Gasteiger partial charge < -0.3 is 9.84 Å². The molecule has 0 bridgehead atoms. The number of halogens is 3. The summed E-state index contributed by atoms with van der Waals surface area (Å²) in [5, 5.41) is 9.51. The van der Waals surface area contributed by atoms with E-state index in [1.54, 1.807) is 12.1 Å². The summed E-state index contributed by atoms with van der Waals surface area (Å²) >= 11 is 0. The molecule has 0 fully saturated rings. The lowest BCUT2D eigenvalue weighted by Crippen LogP contribution is -2.17. The molecule has 2 rings (SSSR count). The lowest BCUT2D eigenvalue weighted by atomic mass is 10.0. The van der Waals surface area contributed by atoms with Gasteiger partial charge >= 0.3 is 6.36 Å². The van der Waals surface area contributed by atoms with Gasteiger partial charge in [0, 0.05) is 6.07 Å². The maximum absolute atomic E-state index is 12.2. The molecular formula is C15H13F3O2. The first-order chi connectivity index (χ1) is 9.37. The zero-order chi connectivity index (χ0) is 14.8. The van der Waals surface area contributed by atoms with Gasteiger partial charge in [-0.3, -0.25) is 0 Å². The van der Waals surface area contributed by atoms with E-state index >= 15 is 0 Å². The van der Waals surface area contributed by atoms with Crippen LogP contribution in [0.3, 0.4) is 0 Å². The van der Waals surface area contributed by atoms with Crippen molar-refractivity contribution in [3.8, 4) is 22.6 Å². The van der Waals surface area contributed by atoms with Crippen molar-refractivity contribution in [1.82, 2.24) is 0 Å². The quantitative estimate of drug-likeness (QED) is 0.896. The summed E-state index contributed by atoms with van der Waals surface area (Å²) in [6, 6.07) is 10.9. The van der Waals surface area contributed by atoms with Gasteiger partial charge in [0.05, 0.1) is 0 Å². The van der Waals surface area contributed by atoms with Gasteiger partial charge in [-0.05, 0) is 35.2 Å². The Morgan fingerprint density at radius 2 is 1.65 bits per heavy atom. The highest BCUT2D eigenvalue weighted by atomic mass is 19.4. The van der Waals surface area contributed by atoms with Crippen LogP contribution in [0.25, 0.3) is 11.1 Å². The molecule has 0 radical (unpaired) electrons. The number of ether oxygens (including phenoxy) is 1. The molecule has 0 spiro atoms. The summed E-state index contributed by atoms with van der Waals surface area (Å²) in [4.78, 5) is 0. The maximum atomic E-state index is 12.2. The molecule has 0 atom stereocenters. The van der Waals surface area contributed by atoms with Crippen LogP contribution in [0, 0.1) is 0 Å². The van der Waals surface area contributed by atoms with Gasteiger partial charge in [-0.2, -0.15) is 0 Å². The number of hydrogen-bond donors (Lipinski definition) is 1. The Kier molecular flexibility index (Phi) is 3.88. The predicted octanol–water partition coefficient (Wildman–Crippen LogP) is 4.52. The normalized spacial score (nSPS) is 11.4. The van der Waals surface area contributed by atoms with Crippen LogP contribution in [0.2, 0.25) is 0 Å². The highest BCUT2D eigenvalue weighted by Gasteiger charge is 2.31. The molecule has 0 amide bonds. The molecular weight excluding hydrogens is 269 g/mol. The van der Waals surface area contributed by atoms with E-state index < -0.39 is 12.1 Å². The minimum atomic E-state index is -4.78. The molecule has 0 aliphatic heterocycles. The van der Waals surface area contributed by atoms with Crippen molar-refractivity contribution in [2.24, 2.45) is 0 Å². The number of hydrogen-bond acceptors (Lipinski definition) is 2. The summed E-state index contributed by atoms with van der Waals surface area (Å²) < 4.78 is 40.4. The Labute approximate surface area is 114 Å². The van der Waals surface area contributed by atoms with Crippen molar-refractivity contribution >= 4 is 0 Å². The smallest absolute Gasteiger partial charge is 0.508 e. The fraction of sp³-hybridized carbons (Fsp3) is 0.200. The molecule has 2 aromatic carbocycles. The number of alkyl halides is 3. The van der Waals surface area contributed by atoms with E-state index in [2.05, 4.69) is 4.74 Å². The van der Waals surface area contributed by atoms with Gasteiger partial charge in [-0.25, -0.2) is 0 Å². The highest BCUT2D eigenvalue weighted by Crippen LogP contribution is 2.32. The summed E-state index contributed by atoms with van der Waals surface area (Å²) in [5.41, 5.74) is 2.30. The second-order valence-electron chi connectivity index (χ2n) is 4.31. The van der Waals surface area contributed by atoms with Gasteiger partial charge in [0.2, 0.25) is 0 Å². The molecule has 0 aliphatic carbocycles. The summed E-state index contributed by atoms with van der Waals surface area (Å²) in [5.74, 6) is -0.714. The maximum Gasteiger partial charge on any atom is 0.573 e. The lowest BCUT2D eigenvalue weighted by molar-refractivity contribution is -0.274. The number of aryl methyl sites for hydroxylation is 1. The zero-order valence-electron chi connectivity index (χ0n) is 10.7. The first-order valence-electron chi connectivity index (χ1n) is 6.06. The van der Waals surface area contributed by atoms with Crippen LogP contribution in [0.5, 0.6) is 11.5 Å². The minimum absolute atomic E-state index is 0.277. The van der Waals surface area contributed by atoms with E-state index in [9.17, 15) is 18.3 Å². The Balaban J connectivity index is 2.35. The van der Waals surface area contributed by atoms with Gasteiger partial charge in [-0.15, -0.1) is 13.2 Å². The Bertz CT molecular complexity index is 589. The van der Waals surface area contributed by atoms with Gasteiger partial charge in [0.15, 0.2) is 0 Å². The third-order valence-corrected chi connectivity index (χ3v) is 2.82. The molecule has 0 saturated heterocycles. The van der Waals surface area contributed by atoms with Crippen molar-refractivity contribution in [3.05, 3.63) is 48.0 Å². The second kappa shape index (κ2) is 5.45. The second-order valence-corrected chi connectivity index (χ2v) is 4.31. The van der Waals surface area contributed by atoms with Crippen molar-refractivity contribution in [3.63, 3.8) is 0 Å². The first kappa shape index (κ1) is 14.2. The number of rotatable bonds is 3. The Morgan fingerprint density at radius 1 is 1.00 bits per heavy atom. The van der Waals surface area contributed by atoms with Crippen LogP contribution in [0.4, 0.5) is 13.2 Å². The molecule has 20 heavy (non-hydrogen) atoms. The average molecular weight is 282 g/mol. The van der Waals surface area contributed by atoms with E-state index in [4.69, 9.17) is 0 Å². The van der Waals surface area contributed by atoms with Crippen molar-refractivity contribution < 1.29 is 23.0 Å². The molecule has 2 nitrogen and oxygen atoms in total. The third kappa shape index (κ3) is 3.66. The van der Waals surface area contributed by atoms with Gasteiger partial charge in [0.25, 0.3) is 0 Å². The van der Waals surface area contributed by atoms with Crippen molar-refractivity contribution in [1.29, 1.82) is 0 Å². The van der Waals surface area contributed by atoms with Crippen LogP contribution in [0.1, 0.15) is 12.5 Å². The third-order valence-electron chi connectivity index (χ3n) is 2.82. The van der Waals surface area contributed by atoms with Crippen molar-refractivity contribution in [2.45, 2.75) is 19.7 Å². The van der Waals surface area contributed by atoms with Gasteiger partial charge in [-0.1, -0.05) is 31.2 Å². The monoisotopic (exact) mass is 282 g/mol. The Hall–Kier alpha value is -2.17. The lowest BCUT2D eigenvalue weighted by Gasteiger charge is -2.11. The van der Waals surface area contributed by atoms with Gasteiger partial charge in [0.1, 0.15) is 11.5 Å². The van der Waals surface area contributed by atoms with E-state index in [0.717, 1.165) is 18.1 Å². The van der Waals surface area contributed by atoms with E-state index in [0.29, 0.717) is 11.1 Å². The van der Waals surface area contributed by atoms with E-state index in [1.807, 2.05) is 19.1 Å². The van der Waals surface area contributed by atoms with Crippen LogP contribution in [-0.2, 0) is 6.42 Å². The predicted molar refractivity (Wildman–Crippen MR) is 69.6 cm³/mol. The number of phenols is 1. The number of aromatic hydroxyl groups is 1. The molecule has 0 aromatic heterocycles. The van der Waals surface area contributed by atoms with Crippen LogP contribution < -0.4 is 4.74 Å². The molecule has 0 aliphatic rings. The summed E-state index contributed by atoms with van der Waals surface area (Å²) in [6.07, 6.45) is -3.90. The standard InChI is InChI=1S/C15H13F3O2/c1-2-10-3-5-11(6-4-10)12-7-13(19)9-14(8-12)20-15(16,17)18/h3-9,19H,2H2,1H3. The molecule has 0 saturated carbocycles. The summed E-state index contributed by atoms with van der Waals surface area (Å²) in [6.45, 7) is 2.01. The molecule has 5 heteroatoms. The number of phenolic OH excluding ortho intramolecular Hbond substituents is 1. The summed E-state index contributed by atoms with van der Waals surface area (Å²) in [7, 11) is 0. The molecule has 0 unspecified atom stereocenters. The SMILES string of the molecule is CCc1ccc(-c2cc(O)cc(OC(F)(F)F)c2)cc1. The van der Waals surface area contributed by atoms with Crippen LogP contribution in [-0.4, -0.2) is 11.5 Å². The zero-order valence-corrected chi connectivity index (χ0v) is 10.7. The van der Waals surface area contributed by atoms with E-state index in [1.165, 1.54) is 12.1 Å². The largest absolute Gasteiger partial charge is 0.573 e. The first-order valence-corrected chi connectivity index (χ1v) is 6.06. The molecule has 2 aromatic rings. The fourth-order valence-electron chi connectivity index (χ4n) is 1.88. The molecule has 1 N–H and O–H groups in total. The molecule has 0 heterocycles. The van der Waals surface area contributed by atoms with Crippen LogP contribution in [0.15, 0.2) is 42.5 Å². The number of benzene rings is 2. The van der Waals surface area contributed by atoms with Crippen molar-refractivity contribution in [2.75, 3.05) is 0 Å². The highest BCUT2D eigenvalue weighted by molar-refractivity contribution is 5.67. The average Bonchev–Trinajstić information content (AvgIpc) is 2.36. The Morgan fingerprint density at radius 3 is 2.20 bits per heavy atom. The van der Waals surface area contributed by atoms with E-state index in [-0.39, 0.29) is 5.75 Å². The molecule has 106 valence electrons. The fourth-order valence-corrected chi connectivity index (χ4v) is 1.88. The minimum Gasteiger partial charge on any atom is -0.508 e. The van der Waals surface area contributed by atoms with Crippen LogP contribution >= 0.6 is 0 Å².